The molecule has 0 radical (unpaired) electrons. The predicted molar refractivity (Wildman–Crippen MR) is 100 cm³/mol. The monoisotopic (exact) mass is 353 g/mol. The largest absolute Gasteiger partial charge is 0.461 e. The van der Waals surface area contributed by atoms with Gasteiger partial charge in [-0.25, -0.2) is 9.97 Å². The van der Waals surface area contributed by atoms with Crippen LogP contribution in [0.15, 0.2) is 46.0 Å². The van der Waals surface area contributed by atoms with E-state index in [1.807, 2.05) is 45.2 Å². The number of nitrogens with one attached hydrogen (secondary N) is 1. The fourth-order valence-electron chi connectivity index (χ4n) is 2.48. The van der Waals surface area contributed by atoms with Gasteiger partial charge in [-0.05, 0) is 62.4 Å². The molecule has 0 unspecified atom stereocenters. The van der Waals surface area contributed by atoms with E-state index in [1.54, 1.807) is 18.4 Å². The summed E-state index contributed by atoms with van der Waals surface area (Å²) < 4.78 is 5.36. The minimum atomic E-state index is -0.212. The molecule has 0 aliphatic heterocycles. The van der Waals surface area contributed by atoms with Crippen molar-refractivity contribution in [2.45, 2.75) is 25.8 Å². The average Bonchev–Trinajstić information content (AvgIpc) is 3.11. The van der Waals surface area contributed by atoms with E-state index in [9.17, 15) is 4.79 Å². The van der Waals surface area contributed by atoms with E-state index >= 15 is 0 Å². The summed E-state index contributed by atoms with van der Waals surface area (Å²) in [7, 11) is 0. The molecular weight excluding hydrogens is 334 g/mol. The molecule has 3 rings (SSSR count). The molecule has 128 valence electrons. The summed E-state index contributed by atoms with van der Waals surface area (Å²) in [6, 6.07) is 9.43. The third-order valence-corrected chi connectivity index (χ3v) is 4.67. The van der Waals surface area contributed by atoms with Crippen molar-refractivity contribution in [3.8, 4) is 11.6 Å². The summed E-state index contributed by atoms with van der Waals surface area (Å²) >= 11 is 1.41. The zero-order chi connectivity index (χ0) is 18.0. The molecule has 0 atom stereocenters. The molecule has 1 aromatic carbocycles. The number of carbonyl (C=O) groups is 1. The highest BCUT2D eigenvalue weighted by atomic mass is 32.2. The van der Waals surface area contributed by atoms with E-state index in [1.165, 1.54) is 17.3 Å². The van der Waals surface area contributed by atoms with Gasteiger partial charge >= 0.3 is 0 Å². The second-order valence-corrected chi connectivity index (χ2v) is 6.54. The Labute approximate surface area is 150 Å². The molecule has 0 aliphatic rings. The van der Waals surface area contributed by atoms with E-state index in [2.05, 4.69) is 15.3 Å². The van der Waals surface area contributed by atoms with Crippen LogP contribution in [0.3, 0.4) is 0 Å². The Morgan fingerprint density at radius 3 is 2.56 bits per heavy atom. The number of anilines is 1. The number of nitrogens with zero attached hydrogens (tertiary/aromatic N) is 2. The number of aryl methyl sites for hydroxylation is 3. The molecule has 1 N–H and O–H groups in total. The van der Waals surface area contributed by atoms with Gasteiger partial charge in [0.05, 0.1) is 17.5 Å². The van der Waals surface area contributed by atoms with Crippen LogP contribution in [0, 0.1) is 20.8 Å². The summed E-state index contributed by atoms with van der Waals surface area (Å²) in [5, 5.41) is 3.57. The van der Waals surface area contributed by atoms with Crippen molar-refractivity contribution in [2.75, 3.05) is 11.6 Å². The smallest absolute Gasteiger partial charge is 0.260 e. The molecule has 2 aromatic heterocycles. The van der Waals surface area contributed by atoms with Crippen LogP contribution in [0.1, 0.15) is 27.2 Å². The normalized spacial score (nSPS) is 10.7. The number of amides is 1. The summed E-state index contributed by atoms with van der Waals surface area (Å²) in [5.74, 6) is 0.852. The maximum absolute atomic E-state index is 12.8. The number of hydrogen-bond acceptors (Lipinski definition) is 5. The lowest BCUT2D eigenvalue weighted by atomic mass is 10.1. The summed E-state index contributed by atoms with van der Waals surface area (Å²) in [6.45, 7) is 5.87. The van der Waals surface area contributed by atoms with Crippen molar-refractivity contribution in [3.63, 3.8) is 0 Å². The van der Waals surface area contributed by atoms with Gasteiger partial charge in [-0.15, -0.1) is 11.8 Å². The summed E-state index contributed by atoms with van der Waals surface area (Å²) in [6.07, 6.45) is 3.47. The Kier molecular flexibility index (Phi) is 4.90. The van der Waals surface area contributed by atoms with Gasteiger partial charge in [0.25, 0.3) is 5.91 Å². The first-order valence-electron chi connectivity index (χ1n) is 7.84. The maximum atomic E-state index is 12.8. The zero-order valence-corrected chi connectivity index (χ0v) is 15.4. The summed E-state index contributed by atoms with van der Waals surface area (Å²) in [5.41, 5.74) is 4.18. The van der Waals surface area contributed by atoms with Gasteiger partial charge in [0, 0.05) is 5.69 Å². The molecular formula is C19H19N3O2S. The van der Waals surface area contributed by atoms with Crippen molar-refractivity contribution in [1.29, 1.82) is 0 Å². The lowest BCUT2D eigenvalue weighted by Crippen LogP contribution is -2.17. The minimum Gasteiger partial charge on any atom is -0.461 e. The van der Waals surface area contributed by atoms with Crippen molar-refractivity contribution < 1.29 is 9.21 Å². The Balaban J connectivity index is 1.95. The Morgan fingerprint density at radius 1 is 1.12 bits per heavy atom. The first-order valence-corrected chi connectivity index (χ1v) is 9.07. The van der Waals surface area contributed by atoms with E-state index in [-0.39, 0.29) is 5.91 Å². The quantitative estimate of drug-likeness (QED) is 0.547. The SMILES string of the molecule is CSc1nc(-c2ccco2)nc(C)c1C(=O)Nc1ccc(C)c(C)c1. The van der Waals surface area contributed by atoms with Gasteiger partial charge in [-0.2, -0.15) is 0 Å². The van der Waals surface area contributed by atoms with E-state index in [4.69, 9.17) is 4.42 Å². The van der Waals surface area contributed by atoms with Gasteiger partial charge in [0.1, 0.15) is 5.03 Å². The fraction of sp³-hybridized carbons (Fsp3) is 0.211. The van der Waals surface area contributed by atoms with Crippen LogP contribution >= 0.6 is 11.8 Å². The first-order chi connectivity index (χ1) is 12.0. The van der Waals surface area contributed by atoms with Crippen LogP contribution in [0.2, 0.25) is 0 Å². The number of rotatable bonds is 4. The van der Waals surface area contributed by atoms with E-state index < -0.39 is 0 Å². The van der Waals surface area contributed by atoms with Gasteiger partial charge in [-0.1, -0.05) is 6.07 Å². The molecule has 5 nitrogen and oxygen atoms in total. The van der Waals surface area contributed by atoms with Crippen LogP contribution in [0.4, 0.5) is 5.69 Å². The highest BCUT2D eigenvalue weighted by Gasteiger charge is 2.20. The third-order valence-electron chi connectivity index (χ3n) is 3.98. The molecule has 1 amide bonds. The van der Waals surface area contributed by atoms with Crippen LogP contribution in [-0.2, 0) is 0 Å². The first kappa shape index (κ1) is 17.2. The highest BCUT2D eigenvalue weighted by molar-refractivity contribution is 7.98. The van der Waals surface area contributed by atoms with Gasteiger partial charge in [0.15, 0.2) is 11.6 Å². The zero-order valence-electron chi connectivity index (χ0n) is 14.6. The number of aromatic nitrogens is 2. The predicted octanol–water partition coefficient (Wildman–Crippen LogP) is 4.64. The minimum absolute atomic E-state index is 0.212. The summed E-state index contributed by atoms with van der Waals surface area (Å²) in [4.78, 5) is 21.7. The third kappa shape index (κ3) is 3.58. The van der Waals surface area contributed by atoms with Gasteiger partial charge in [0.2, 0.25) is 0 Å². The second kappa shape index (κ2) is 7.11. The van der Waals surface area contributed by atoms with Gasteiger partial charge < -0.3 is 9.73 Å². The van der Waals surface area contributed by atoms with Crippen LogP contribution in [0.5, 0.6) is 0 Å². The van der Waals surface area contributed by atoms with Crippen molar-refractivity contribution in [3.05, 3.63) is 59.0 Å². The number of benzene rings is 1. The number of thioether (sulfide) groups is 1. The van der Waals surface area contributed by atoms with Crippen molar-refractivity contribution in [1.82, 2.24) is 9.97 Å². The van der Waals surface area contributed by atoms with E-state index in [0.29, 0.717) is 27.9 Å². The standard InChI is InChI=1S/C19H19N3O2S/c1-11-7-8-14(10-12(11)2)21-18(23)16-13(3)20-17(22-19(16)25-4)15-6-5-9-24-15/h5-10H,1-4H3,(H,21,23). The fourth-order valence-corrected chi connectivity index (χ4v) is 3.11. The van der Waals surface area contributed by atoms with Gasteiger partial charge in [-0.3, -0.25) is 4.79 Å². The topological polar surface area (TPSA) is 68.0 Å². The van der Waals surface area contributed by atoms with E-state index in [0.717, 1.165) is 11.3 Å². The molecule has 0 spiro atoms. The van der Waals surface area contributed by atoms with Crippen LogP contribution < -0.4 is 5.32 Å². The Morgan fingerprint density at radius 2 is 1.92 bits per heavy atom. The highest BCUT2D eigenvalue weighted by Crippen LogP contribution is 2.26. The second-order valence-electron chi connectivity index (χ2n) is 5.75. The molecule has 6 heteroatoms. The number of carbonyl (C=O) groups excluding carboxylic acids is 1. The molecule has 0 saturated carbocycles. The molecule has 0 fully saturated rings. The lowest BCUT2D eigenvalue weighted by molar-refractivity contribution is 0.102. The molecule has 0 bridgehead atoms. The molecule has 0 aliphatic carbocycles. The maximum Gasteiger partial charge on any atom is 0.260 e. The molecule has 2 heterocycles. The van der Waals surface area contributed by atoms with Crippen LogP contribution in [0.25, 0.3) is 11.6 Å². The Hall–Kier alpha value is -2.60. The lowest BCUT2D eigenvalue weighted by Gasteiger charge is -2.12. The number of hydrogen-bond donors (Lipinski definition) is 1. The average molecular weight is 353 g/mol. The molecule has 0 saturated heterocycles. The van der Waals surface area contributed by atoms with Crippen LogP contribution in [-0.4, -0.2) is 22.1 Å². The van der Waals surface area contributed by atoms with Crippen molar-refractivity contribution in [2.24, 2.45) is 0 Å². The molecule has 3 aromatic rings. The molecule has 25 heavy (non-hydrogen) atoms. The Bertz CT molecular complexity index is 921. The number of furan rings is 1. The van der Waals surface area contributed by atoms with Crippen molar-refractivity contribution >= 4 is 23.4 Å².